The van der Waals surface area contributed by atoms with Crippen molar-refractivity contribution in [2.75, 3.05) is 6.54 Å². The van der Waals surface area contributed by atoms with Gasteiger partial charge in [-0.15, -0.1) is 0 Å². The van der Waals surface area contributed by atoms with E-state index in [1.807, 2.05) is 13.0 Å². The highest BCUT2D eigenvalue weighted by atomic mass is 16.3. The maximum absolute atomic E-state index is 13.6. The monoisotopic (exact) mass is 597 g/mol. The van der Waals surface area contributed by atoms with Gasteiger partial charge >= 0.3 is 0 Å². The van der Waals surface area contributed by atoms with E-state index in [4.69, 9.17) is 17.2 Å². The van der Waals surface area contributed by atoms with Crippen molar-refractivity contribution in [3.63, 3.8) is 0 Å². The Bertz CT molecular complexity index is 1240. The third-order valence-corrected chi connectivity index (χ3v) is 6.98. The van der Waals surface area contributed by atoms with Gasteiger partial charge in [0, 0.05) is 19.4 Å². The number of benzene rings is 2. The highest BCUT2D eigenvalue weighted by Crippen LogP contribution is 2.13. The Morgan fingerprint density at radius 3 is 1.98 bits per heavy atom. The highest BCUT2D eigenvalue weighted by molar-refractivity contribution is 5.94. The summed E-state index contributed by atoms with van der Waals surface area (Å²) in [5.74, 6) is -3.18. The van der Waals surface area contributed by atoms with Gasteiger partial charge in [0.1, 0.15) is 30.0 Å². The van der Waals surface area contributed by atoms with Crippen LogP contribution in [0.15, 0.2) is 59.6 Å². The van der Waals surface area contributed by atoms with Gasteiger partial charge in [0.05, 0.1) is 0 Å². The normalized spacial score (nSPS) is 14.3. The summed E-state index contributed by atoms with van der Waals surface area (Å²) in [7, 11) is 0. The molecule has 0 saturated heterocycles. The van der Waals surface area contributed by atoms with Crippen molar-refractivity contribution in [2.24, 2.45) is 28.1 Å². The number of aliphatic imine (C=N–C) groups is 1. The summed E-state index contributed by atoms with van der Waals surface area (Å²) in [6.45, 7) is 3.81. The van der Waals surface area contributed by atoms with Crippen molar-refractivity contribution in [3.05, 3.63) is 65.7 Å². The molecular formula is C30H43N7O6. The number of guanidine groups is 1. The summed E-state index contributed by atoms with van der Waals surface area (Å²) in [5.41, 5.74) is 17.6. The molecule has 0 aliphatic heterocycles. The zero-order chi connectivity index (χ0) is 31.9. The number of carbonyl (C=O) groups excluding carboxylic acids is 4. The molecule has 0 bridgehead atoms. The van der Waals surface area contributed by atoms with Crippen molar-refractivity contribution in [1.82, 2.24) is 16.0 Å². The minimum absolute atomic E-state index is 0.00493. The van der Waals surface area contributed by atoms with Crippen LogP contribution >= 0.6 is 0 Å². The number of phenols is 1. The maximum atomic E-state index is 13.6. The van der Waals surface area contributed by atoms with Crippen LogP contribution in [0.5, 0.6) is 5.75 Å². The lowest BCUT2D eigenvalue weighted by Crippen LogP contribution is -2.58. The summed E-state index contributed by atoms with van der Waals surface area (Å²) in [5, 5.41) is 28.1. The minimum Gasteiger partial charge on any atom is -0.508 e. The van der Waals surface area contributed by atoms with E-state index < -0.39 is 47.9 Å². The molecule has 13 heteroatoms. The number of hydrogen-bond acceptors (Lipinski definition) is 7. The number of primary amides is 1. The number of rotatable bonds is 17. The number of carbonyl (C=O) groups is 4. The lowest BCUT2D eigenvalue weighted by molar-refractivity contribution is -0.135. The first kappa shape index (κ1) is 34.6. The number of phenolic OH excluding ortho intramolecular Hbond substituents is 1. The maximum Gasteiger partial charge on any atom is 0.249 e. The van der Waals surface area contributed by atoms with Crippen LogP contribution in [0.4, 0.5) is 0 Å². The van der Waals surface area contributed by atoms with Gasteiger partial charge in [-0.3, -0.25) is 24.2 Å². The first-order valence-corrected chi connectivity index (χ1v) is 14.2. The number of aromatic hydroxyl groups is 1. The van der Waals surface area contributed by atoms with Crippen molar-refractivity contribution in [1.29, 1.82) is 0 Å². The second-order valence-corrected chi connectivity index (χ2v) is 10.4. The lowest BCUT2D eigenvalue weighted by atomic mass is 9.97. The summed E-state index contributed by atoms with van der Waals surface area (Å²) in [6.07, 6.45) is -0.429. The van der Waals surface area contributed by atoms with Gasteiger partial charge in [0.2, 0.25) is 23.6 Å². The van der Waals surface area contributed by atoms with Gasteiger partial charge in [0.25, 0.3) is 0 Å². The van der Waals surface area contributed by atoms with E-state index in [-0.39, 0.29) is 43.4 Å². The van der Waals surface area contributed by atoms with Crippen LogP contribution in [0.2, 0.25) is 0 Å². The molecule has 0 aliphatic rings. The summed E-state index contributed by atoms with van der Waals surface area (Å²) in [6, 6.07) is 11.7. The molecule has 0 radical (unpaired) electrons. The van der Waals surface area contributed by atoms with E-state index in [1.165, 1.54) is 12.1 Å². The van der Waals surface area contributed by atoms with Crippen LogP contribution in [0.25, 0.3) is 0 Å². The third-order valence-electron chi connectivity index (χ3n) is 6.98. The molecule has 43 heavy (non-hydrogen) atoms. The van der Waals surface area contributed by atoms with Crippen LogP contribution in [0, 0.1) is 5.92 Å². The first-order valence-electron chi connectivity index (χ1n) is 14.2. The molecule has 4 amide bonds. The minimum atomic E-state index is -1.44. The molecule has 0 aromatic heterocycles. The Kier molecular flexibility index (Phi) is 13.9. The van der Waals surface area contributed by atoms with Crippen molar-refractivity contribution >= 4 is 29.6 Å². The predicted octanol–water partition coefficient (Wildman–Crippen LogP) is -0.422. The standard InChI is InChI=1S/C30H43N7O6/c1-3-18(2)25(26(31)40)37-27(41)22(10-7-15-34-30(32)33)35-28(42)23(16-20-11-13-21(38)14-12-20)36-29(43)24(39)17-19-8-5-4-6-9-19/h4-6,8-9,11-14,18,22-25,38-39H,3,7,10,15-17H2,1-2H3,(H2,31,40)(H,35,42)(H,36,43)(H,37,41)(H4,32,33,34). The van der Waals surface area contributed by atoms with Crippen LogP contribution in [-0.4, -0.2) is 70.6 Å². The van der Waals surface area contributed by atoms with Crippen LogP contribution in [0.3, 0.4) is 0 Å². The lowest BCUT2D eigenvalue weighted by Gasteiger charge is -2.27. The molecule has 5 atom stereocenters. The Labute approximate surface area is 251 Å². The zero-order valence-electron chi connectivity index (χ0n) is 24.5. The first-order chi connectivity index (χ1) is 20.4. The summed E-state index contributed by atoms with van der Waals surface area (Å²) in [4.78, 5) is 55.9. The number of aliphatic hydroxyl groups excluding tert-OH is 1. The van der Waals surface area contributed by atoms with E-state index in [0.29, 0.717) is 18.4 Å². The Morgan fingerprint density at radius 2 is 1.40 bits per heavy atom. The smallest absolute Gasteiger partial charge is 0.249 e. The van der Waals surface area contributed by atoms with E-state index in [0.717, 1.165) is 5.56 Å². The van der Waals surface area contributed by atoms with Gasteiger partial charge in [-0.2, -0.15) is 0 Å². The molecular weight excluding hydrogens is 554 g/mol. The Morgan fingerprint density at radius 1 is 0.814 bits per heavy atom. The topological polar surface area (TPSA) is 235 Å². The van der Waals surface area contributed by atoms with Gasteiger partial charge in [-0.25, -0.2) is 0 Å². The number of nitrogens with zero attached hydrogens (tertiary/aromatic N) is 1. The summed E-state index contributed by atoms with van der Waals surface area (Å²) >= 11 is 0. The van der Waals surface area contributed by atoms with Crippen molar-refractivity contribution in [2.45, 2.75) is 70.2 Å². The number of amides is 4. The molecule has 5 unspecified atom stereocenters. The molecule has 2 rings (SSSR count). The quantitative estimate of drug-likeness (QED) is 0.0675. The number of aliphatic hydroxyl groups is 1. The highest BCUT2D eigenvalue weighted by Gasteiger charge is 2.31. The molecule has 11 N–H and O–H groups in total. The number of hydrogen-bond donors (Lipinski definition) is 8. The average Bonchev–Trinajstić information content (AvgIpc) is 2.97. The van der Waals surface area contributed by atoms with Crippen LogP contribution in [0.1, 0.15) is 44.2 Å². The Balaban J connectivity index is 2.28. The number of nitrogens with two attached hydrogens (primary N) is 3. The SMILES string of the molecule is CCC(C)C(NC(=O)C(CCCN=C(N)N)NC(=O)C(Cc1ccc(O)cc1)NC(=O)C(O)Cc1ccccc1)C(N)=O. The molecule has 234 valence electrons. The fourth-order valence-corrected chi connectivity index (χ4v) is 4.30. The van der Waals surface area contributed by atoms with Gasteiger partial charge in [-0.05, 0) is 42.0 Å². The van der Waals surface area contributed by atoms with Crippen molar-refractivity contribution < 1.29 is 29.4 Å². The molecule has 0 saturated carbocycles. The molecule has 13 nitrogen and oxygen atoms in total. The van der Waals surface area contributed by atoms with Crippen LogP contribution < -0.4 is 33.2 Å². The number of nitrogens with one attached hydrogen (secondary N) is 3. The molecule has 0 spiro atoms. The predicted molar refractivity (Wildman–Crippen MR) is 162 cm³/mol. The van der Waals surface area contributed by atoms with Gasteiger partial charge < -0.3 is 43.4 Å². The van der Waals surface area contributed by atoms with Gasteiger partial charge in [-0.1, -0.05) is 62.7 Å². The van der Waals surface area contributed by atoms with E-state index in [9.17, 15) is 29.4 Å². The Hall–Kier alpha value is -4.65. The zero-order valence-corrected chi connectivity index (χ0v) is 24.5. The molecule has 0 aliphatic carbocycles. The fourth-order valence-electron chi connectivity index (χ4n) is 4.30. The fraction of sp³-hybridized carbons (Fsp3) is 0.433. The molecule has 0 fully saturated rings. The second-order valence-electron chi connectivity index (χ2n) is 10.4. The average molecular weight is 598 g/mol. The largest absolute Gasteiger partial charge is 0.508 e. The van der Waals surface area contributed by atoms with Gasteiger partial charge in [0.15, 0.2) is 5.96 Å². The van der Waals surface area contributed by atoms with E-state index in [1.54, 1.807) is 43.3 Å². The second kappa shape index (κ2) is 17.3. The van der Waals surface area contributed by atoms with Crippen LogP contribution in [-0.2, 0) is 32.0 Å². The van der Waals surface area contributed by atoms with E-state index in [2.05, 4.69) is 20.9 Å². The summed E-state index contributed by atoms with van der Waals surface area (Å²) < 4.78 is 0. The molecule has 0 heterocycles. The third kappa shape index (κ3) is 12.0. The molecule has 2 aromatic carbocycles. The van der Waals surface area contributed by atoms with E-state index >= 15 is 0 Å². The molecule has 2 aromatic rings. The van der Waals surface area contributed by atoms with Crippen molar-refractivity contribution in [3.8, 4) is 5.75 Å².